The number of ether oxygens (including phenoxy) is 1. The van der Waals surface area contributed by atoms with Crippen LogP contribution in [0.4, 0.5) is 0 Å². The molecule has 3 nitrogen and oxygen atoms in total. The molecule has 0 amide bonds. The third-order valence-electron chi connectivity index (χ3n) is 3.00. The second-order valence-corrected chi connectivity index (χ2v) is 5.34. The zero-order valence-corrected chi connectivity index (χ0v) is 12.6. The highest BCUT2D eigenvalue weighted by molar-refractivity contribution is 5.14. The molecule has 0 radical (unpaired) electrons. The predicted molar refractivity (Wildman–Crippen MR) is 79.1 cm³/mol. The summed E-state index contributed by atoms with van der Waals surface area (Å²) in [5, 5.41) is 9.26. The van der Waals surface area contributed by atoms with Gasteiger partial charge in [0, 0.05) is 19.6 Å². The van der Waals surface area contributed by atoms with Crippen molar-refractivity contribution in [1.29, 1.82) is 0 Å². The van der Waals surface area contributed by atoms with Gasteiger partial charge in [-0.15, -0.1) is 0 Å². The first-order chi connectivity index (χ1) is 9.09. The normalized spacial score (nSPS) is 22.5. The number of nitrogens with zero attached hydrogens (tertiary/aromatic N) is 1. The lowest BCUT2D eigenvalue weighted by atomic mass is 10.0. The van der Waals surface area contributed by atoms with Crippen LogP contribution in [0.15, 0.2) is 30.3 Å². The fourth-order valence-corrected chi connectivity index (χ4v) is 2.47. The summed E-state index contributed by atoms with van der Waals surface area (Å²) < 4.78 is 5.80. The van der Waals surface area contributed by atoms with Crippen LogP contribution in [0, 0.1) is 0 Å². The standard InChI is InChI=1S/C14H21NO2.C2H6/c1-14(2)11-15(9-13(10-16)17-14)8-12-6-4-3-5-7-12;1-2/h3-7,13,16H,8-11H2,1-2H3;1-2H3. The van der Waals surface area contributed by atoms with Crippen LogP contribution < -0.4 is 0 Å². The number of rotatable bonds is 3. The van der Waals surface area contributed by atoms with Crippen molar-refractivity contribution in [3.8, 4) is 0 Å². The minimum Gasteiger partial charge on any atom is -0.394 e. The summed E-state index contributed by atoms with van der Waals surface area (Å²) in [5.74, 6) is 0. The fraction of sp³-hybridized carbons (Fsp3) is 0.625. The summed E-state index contributed by atoms with van der Waals surface area (Å²) in [4.78, 5) is 2.35. The Labute approximate surface area is 117 Å². The smallest absolute Gasteiger partial charge is 0.0940 e. The van der Waals surface area contributed by atoms with Crippen LogP contribution in [0.25, 0.3) is 0 Å². The van der Waals surface area contributed by atoms with Crippen molar-refractivity contribution in [2.24, 2.45) is 0 Å². The van der Waals surface area contributed by atoms with E-state index in [1.54, 1.807) is 0 Å². The molecule has 3 heteroatoms. The van der Waals surface area contributed by atoms with E-state index in [-0.39, 0.29) is 18.3 Å². The van der Waals surface area contributed by atoms with Crippen molar-refractivity contribution in [3.63, 3.8) is 0 Å². The molecular formula is C16H27NO2. The second-order valence-electron chi connectivity index (χ2n) is 5.34. The molecule has 1 aromatic carbocycles. The Morgan fingerprint density at radius 1 is 1.26 bits per heavy atom. The quantitative estimate of drug-likeness (QED) is 0.912. The van der Waals surface area contributed by atoms with Gasteiger partial charge in [0.1, 0.15) is 0 Å². The van der Waals surface area contributed by atoms with Crippen LogP contribution in [0.1, 0.15) is 33.3 Å². The number of morpholine rings is 1. The van der Waals surface area contributed by atoms with Gasteiger partial charge in [-0.2, -0.15) is 0 Å². The molecule has 1 saturated heterocycles. The van der Waals surface area contributed by atoms with E-state index in [9.17, 15) is 5.11 Å². The Bertz CT molecular complexity index is 351. The molecule has 19 heavy (non-hydrogen) atoms. The van der Waals surface area contributed by atoms with E-state index in [0.717, 1.165) is 19.6 Å². The van der Waals surface area contributed by atoms with Gasteiger partial charge in [0.2, 0.25) is 0 Å². The summed E-state index contributed by atoms with van der Waals surface area (Å²) in [6.45, 7) is 10.9. The molecule has 1 fully saturated rings. The average molecular weight is 265 g/mol. The van der Waals surface area contributed by atoms with Crippen molar-refractivity contribution in [3.05, 3.63) is 35.9 Å². The average Bonchev–Trinajstić information content (AvgIpc) is 2.40. The van der Waals surface area contributed by atoms with Gasteiger partial charge in [-0.3, -0.25) is 4.90 Å². The van der Waals surface area contributed by atoms with Gasteiger partial charge in [0.05, 0.1) is 18.3 Å². The molecule has 2 rings (SSSR count). The van der Waals surface area contributed by atoms with E-state index >= 15 is 0 Å². The monoisotopic (exact) mass is 265 g/mol. The molecule has 0 bridgehead atoms. The fourth-order valence-electron chi connectivity index (χ4n) is 2.47. The third kappa shape index (κ3) is 5.31. The summed E-state index contributed by atoms with van der Waals surface area (Å²) in [6, 6.07) is 10.4. The maximum absolute atomic E-state index is 9.26. The van der Waals surface area contributed by atoms with E-state index in [0.29, 0.717) is 0 Å². The van der Waals surface area contributed by atoms with Crippen LogP contribution in [0.2, 0.25) is 0 Å². The van der Waals surface area contributed by atoms with E-state index < -0.39 is 0 Å². The minimum atomic E-state index is -0.180. The van der Waals surface area contributed by atoms with Crippen molar-refractivity contribution in [2.45, 2.75) is 45.9 Å². The Balaban J connectivity index is 0.000000861. The van der Waals surface area contributed by atoms with Crippen LogP contribution in [-0.4, -0.2) is 41.4 Å². The molecule has 0 aromatic heterocycles. The van der Waals surface area contributed by atoms with Gasteiger partial charge in [-0.05, 0) is 19.4 Å². The van der Waals surface area contributed by atoms with Gasteiger partial charge in [0.15, 0.2) is 0 Å². The molecule has 1 aliphatic heterocycles. The van der Waals surface area contributed by atoms with Crippen molar-refractivity contribution in [2.75, 3.05) is 19.7 Å². The van der Waals surface area contributed by atoms with Gasteiger partial charge in [-0.25, -0.2) is 0 Å². The Morgan fingerprint density at radius 3 is 2.47 bits per heavy atom. The summed E-state index contributed by atoms with van der Waals surface area (Å²) in [6.07, 6.45) is -0.0672. The first kappa shape index (κ1) is 16.2. The lowest BCUT2D eigenvalue weighted by Gasteiger charge is -2.42. The highest BCUT2D eigenvalue weighted by Crippen LogP contribution is 2.22. The Kier molecular flexibility index (Phi) is 6.49. The predicted octanol–water partition coefficient (Wildman–Crippen LogP) is 2.68. The molecule has 1 unspecified atom stereocenters. The van der Waals surface area contributed by atoms with Crippen molar-refractivity contribution < 1.29 is 9.84 Å². The summed E-state index contributed by atoms with van der Waals surface area (Å²) >= 11 is 0. The summed E-state index contributed by atoms with van der Waals surface area (Å²) in [5.41, 5.74) is 1.13. The van der Waals surface area contributed by atoms with E-state index in [1.807, 2.05) is 19.9 Å². The zero-order chi connectivity index (χ0) is 14.3. The van der Waals surface area contributed by atoms with Crippen molar-refractivity contribution >= 4 is 0 Å². The van der Waals surface area contributed by atoms with Crippen molar-refractivity contribution in [1.82, 2.24) is 4.90 Å². The van der Waals surface area contributed by atoms with Gasteiger partial charge in [0.25, 0.3) is 0 Å². The highest BCUT2D eigenvalue weighted by atomic mass is 16.5. The molecule has 1 atom stereocenters. The number of aliphatic hydroxyl groups is 1. The van der Waals surface area contributed by atoms with Gasteiger partial charge >= 0.3 is 0 Å². The molecule has 1 heterocycles. The SMILES string of the molecule is CC.CC1(C)CN(Cc2ccccc2)CC(CO)O1. The number of hydrogen-bond acceptors (Lipinski definition) is 3. The van der Waals surface area contributed by atoms with E-state index in [2.05, 4.69) is 43.0 Å². The third-order valence-corrected chi connectivity index (χ3v) is 3.00. The molecule has 1 aromatic rings. The molecule has 1 aliphatic rings. The lowest BCUT2D eigenvalue weighted by molar-refractivity contribution is -0.150. The topological polar surface area (TPSA) is 32.7 Å². The Hall–Kier alpha value is -0.900. The minimum absolute atomic E-state index is 0.0672. The van der Waals surface area contributed by atoms with Crippen LogP contribution >= 0.6 is 0 Å². The highest BCUT2D eigenvalue weighted by Gasteiger charge is 2.32. The molecule has 0 saturated carbocycles. The van der Waals surface area contributed by atoms with Crippen LogP contribution in [-0.2, 0) is 11.3 Å². The van der Waals surface area contributed by atoms with Gasteiger partial charge < -0.3 is 9.84 Å². The molecular weight excluding hydrogens is 238 g/mol. The van der Waals surface area contributed by atoms with Crippen LogP contribution in [0.3, 0.4) is 0 Å². The zero-order valence-electron chi connectivity index (χ0n) is 12.6. The number of hydrogen-bond donors (Lipinski definition) is 1. The molecule has 0 spiro atoms. The number of benzene rings is 1. The maximum Gasteiger partial charge on any atom is 0.0940 e. The second kappa shape index (κ2) is 7.63. The van der Waals surface area contributed by atoms with E-state index in [4.69, 9.17) is 4.74 Å². The van der Waals surface area contributed by atoms with E-state index in [1.165, 1.54) is 5.56 Å². The lowest BCUT2D eigenvalue weighted by Crippen LogP contribution is -2.53. The maximum atomic E-state index is 9.26. The summed E-state index contributed by atoms with van der Waals surface area (Å²) in [7, 11) is 0. The Morgan fingerprint density at radius 2 is 1.89 bits per heavy atom. The first-order valence-corrected chi connectivity index (χ1v) is 7.14. The first-order valence-electron chi connectivity index (χ1n) is 7.14. The van der Waals surface area contributed by atoms with Crippen LogP contribution in [0.5, 0.6) is 0 Å². The number of aliphatic hydroxyl groups excluding tert-OH is 1. The van der Waals surface area contributed by atoms with Gasteiger partial charge in [-0.1, -0.05) is 44.2 Å². The largest absolute Gasteiger partial charge is 0.394 e. The molecule has 0 aliphatic carbocycles. The molecule has 108 valence electrons. The molecule has 1 N–H and O–H groups in total.